The number of esters is 1. The lowest BCUT2D eigenvalue weighted by molar-refractivity contribution is -0.142. The van der Waals surface area contributed by atoms with Crippen molar-refractivity contribution in [1.29, 1.82) is 0 Å². The van der Waals surface area contributed by atoms with Gasteiger partial charge in [-0.15, -0.1) is 0 Å². The summed E-state index contributed by atoms with van der Waals surface area (Å²) in [5.74, 6) is -0.505. The van der Waals surface area contributed by atoms with Crippen molar-refractivity contribution in [3.05, 3.63) is 22.1 Å². The van der Waals surface area contributed by atoms with E-state index in [4.69, 9.17) is 4.74 Å². The van der Waals surface area contributed by atoms with E-state index in [-0.39, 0.29) is 19.6 Å². The number of aliphatic hydroxyl groups excluding tert-OH is 1. The summed E-state index contributed by atoms with van der Waals surface area (Å²) < 4.78 is 48.4. The first-order valence-electron chi connectivity index (χ1n) is 6.90. The molecule has 0 aliphatic carbocycles. The molecule has 0 amide bonds. The largest absolute Gasteiger partial charge is 0.469 e. The van der Waals surface area contributed by atoms with E-state index < -0.39 is 41.1 Å². The number of carbonyl (C=O) groups excluding carboxylic acids is 1. The van der Waals surface area contributed by atoms with Crippen LogP contribution in [0.25, 0.3) is 0 Å². The molecule has 136 valence electrons. The van der Waals surface area contributed by atoms with E-state index in [1.807, 2.05) is 0 Å². The fraction of sp³-hybridized carbons (Fsp3) is 0.615. The highest BCUT2D eigenvalue weighted by Crippen LogP contribution is 2.31. The Hall–Kier alpha value is -2.14. The number of aromatic amines is 1. The highest BCUT2D eigenvalue weighted by molar-refractivity contribution is 5.69. The van der Waals surface area contributed by atoms with Gasteiger partial charge in [0.1, 0.15) is 5.56 Å². The van der Waals surface area contributed by atoms with Gasteiger partial charge in [-0.3, -0.25) is 9.59 Å². The summed E-state index contributed by atoms with van der Waals surface area (Å²) in [6.45, 7) is 1.12. The Kier molecular flexibility index (Phi) is 7.17. The fourth-order valence-electron chi connectivity index (χ4n) is 1.76. The standard InChI is InChI=1S/C13H18F3N3O5/c1-7(20)9(6-24-4-3-10(21)23-2)18-8-5-17-19-12(22)11(8)13(14,15)16/h5,7,9,20H,3-4,6H2,1-2H3,(H2,18,19,22)/t7-,9+/m0/s1. The van der Waals surface area contributed by atoms with Gasteiger partial charge in [-0.1, -0.05) is 0 Å². The maximum Gasteiger partial charge on any atom is 0.423 e. The molecule has 0 saturated heterocycles. The molecule has 0 saturated carbocycles. The van der Waals surface area contributed by atoms with Gasteiger partial charge >= 0.3 is 12.1 Å². The molecular formula is C13H18F3N3O5. The molecule has 1 rings (SSSR count). The third-order valence-electron chi connectivity index (χ3n) is 3.04. The van der Waals surface area contributed by atoms with Gasteiger partial charge in [-0.25, -0.2) is 5.10 Å². The predicted molar refractivity (Wildman–Crippen MR) is 76.4 cm³/mol. The molecule has 11 heteroatoms. The number of aliphatic hydroxyl groups is 1. The quantitative estimate of drug-likeness (QED) is 0.461. The highest BCUT2D eigenvalue weighted by atomic mass is 19.4. The van der Waals surface area contributed by atoms with Crippen LogP contribution in [0, 0.1) is 0 Å². The lowest BCUT2D eigenvalue weighted by Gasteiger charge is -2.23. The number of methoxy groups -OCH3 is 1. The minimum Gasteiger partial charge on any atom is -0.469 e. The average Bonchev–Trinajstić information content (AvgIpc) is 2.48. The summed E-state index contributed by atoms with van der Waals surface area (Å²) >= 11 is 0. The van der Waals surface area contributed by atoms with Gasteiger partial charge < -0.3 is 19.9 Å². The van der Waals surface area contributed by atoms with Gasteiger partial charge in [0.25, 0.3) is 5.56 Å². The monoisotopic (exact) mass is 353 g/mol. The molecule has 1 heterocycles. The number of hydrogen-bond acceptors (Lipinski definition) is 7. The maximum atomic E-state index is 13.0. The van der Waals surface area contributed by atoms with Crippen molar-refractivity contribution < 1.29 is 32.5 Å². The zero-order chi connectivity index (χ0) is 18.3. The van der Waals surface area contributed by atoms with Crippen LogP contribution in [-0.4, -0.2) is 53.7 Å². The van der Waals surface area contributed by atoms with Crippen molar-refractivity contribution in [2.75, 3.05) is 25.6 Å². The molecule has 2 atom stereocenters. The molecule has 1 aromatic heterocycles. The lowest BCUT2D eigenvalue weighted by Crippen LogP contribution is -2.38. The smallest absolute Gasteiger partial charge is 0.423 e. The number of hydrogen-bond donors (Lipinski definition) is 3. The van der Waals surface area contributed by atoms with E-state index in [0.29, 0.717) is 0 Å². The average molecular weight is 353 g/mol. The molecule has 24 heavy (non-hydrogen) atoms. The number of ether oxygens (including phenoxy) is 2. The third-order valence-corrected chi connectivity index (χ3v) is 3.04. The third kappa shape index (κ3) is 5.81. The van der Waals surface area contributed by atoms with E-state index in [1.54, 1.807) is 5.10 Å². The van der Waals surface area contributed by atoms with E-state index >= 15 is 0 Å². The van der Waals surface area contributed by atoms with Crippen LogP contribution in [0.3, 0.4) is 0 Å². The molecule has 3 N–H and O–H groups in total. The molecule has 0 spiro atoms. The Bertz CT molecular complexity index is 603. The van der Waals surface area contributed by atoms with Crippen molar-refractivity contribution in [2.24, 2.45) is 0 Å². The summed E-state index contributed by atoms with van der Waals surface area (Å²) in [6, 6.07) is -0.952. The fourth-order valence-corrected chi connectivity index (χ4v) is 1.76. The second-order valence-electron chi connectivity index (χ2n) is 4.88. The van der Waals surface area contributed by atoms with Gasteiger partial charge in [0, 0.05) is 0 Å². The first-order valence-corrected chi connectivity index (χ1v) is 6.90. The number of rotatable bonds is 8. The van der Waals surface area contributed by atoms with Gasteiger partial charge in [-0.2, -0.15) is 18.3 Å². The Morgan fingerprint density at radius 2 is 2.17 bits per heavy atom. The SMILES string of the molecule is COC(=O)CCOC[C@@H](Nc1cn[nH]c(=O)c1C(F)(F)F)[C@H](C)O. The normalized spacial score (nSPS) is 14.1. The number of halogens is 3. The zero-order valence-electron chi connectivity index (χ0n) is 13.0. The van der Waals surface area contributed by atoms with Crippen LogP contribution in [0.4, 0.5) is 18.9 Å². The summed E-state index contributed by atoms with van der Waals surface area (Å²) in [7, 11) is 1.21. The number of carbonyl (C=O) groups is 1. The maximum absolute atomic E-state index is 13.0. The van der Waals surface area contributed by atoms with Crippen LogP contribution in [0.1, 0.15) is 18.9 Å². The van der Waals surface area contributed by atoms with Gasteiger partial charge in [0.15, 0.2) is 0 Å². The van der Waals surface area contributed by atoms with Crippen molar-refractivity contribution in [1.82, 2.24) is 10.2 Å². The highest BCUT2D eigenvalue weighted by Gasteiger charge is 2.38. The second kappa shape index (κ2) is 8.64. The van der Waals surface area contributed by atoms with Crippen LogP contribution < -0.4 is 10.9 Å². The van der Waals surface area contributed by atoms with Crippen molar-refractivity contribution in [3.8, 4) is 0 Å². The molecular weight excluding hydrogens is 335 g/mol. The number of nitrogens with zero attached hydrogens (tertiary/aromatic N) is 1. The second-order valence-corrected chi connectivity index (χ2v) is 4.88. The van der Waals surface area contributed by atoms with Gasteiger partial charge in [-0.05, 0) is 6.92 Å². The van der Waals surface area contributed by atoms with Crippen molar-refractivity contribution >= 4 is 11.7 Å². The van der Waals surface area contributed by atoms with Crippen molar-refractivity contribution in [2.45, 2.75) is 31.7 Å². The number of H-pyrrole nitrogens is 1. The summed E-state index contributed by atoms with van der Waals surface area (Å²) in [5.41, 5.74) is -3.42. The molecule has 0 aliphatic rings. The zero-order valence-corrected chi connectivity index (χ0v) is 13.0. The first kappa shape index (κ1) is 19.9. The van der Waals surface area contributed by atoms with E-state index in [2.05, 4.69) is 15.2 Å². The van der Waals surface area contributed by atoms with E-state index in [1.165, 1.54) is 14.0 Å². The number of nitrogens with one attached hydrogen (secondary N) is 2. The van der Waals surface area contributed by atoms with Gasteiger partial charge in [0.05, 0.1) is 50.8 Å². The number of alkyl halides is 3. The van der Waals surface area contributed by atoms with E-state index in [9.17, 15) is 27.9 Å². The van der Waals surface area contributed by atoms with Crippen LogP contribution >= 0.6 is 0 Å². The van der Waals surface area contributed by atoms with E-state index in [0.717, 1.165) is 6.20 Å². The summed E-state index contributed by atoms with van der Waals surface area (Å²) in [6.07, 6.45) is -5.23. The first-order chi connectivity index (χ1) is 11.2. The predicted octanol–water partition coefficient (Wildman–Crippen LogP) is 0.530. The molecule has 0 aliphatic heterocycles. The van der Waals surface area contributed by atoms with Gasteiger partial charge in [0.2, 0.25) is 0 Å². The topological polar surface area (TPSA) is 114 Å². The molecule has 0 fully saturated rings. The molecule has 0 radical (unpaired) electrons. The van der Waals surface area contributed by atoms with Crippen LogP contribution in [-0.2, 0) is 20.4 Å². The minimum absolute atomic E-state index is 0.0304. The Morgan fingerprint density at radius 3 is 2.71 bits per heavy atom. The Balaban J connectivity index is 2.81. The lowest BCUT2D eigenvalue weighted by atomic mass is 10.1. The van der Waals surface area contributed by atoms with Crippen molar-refractivity contribution in [3.63, 3.8) is 0 Å². The molecule has 1 aromatic rings. The molecule has 0 bridgehead atoms. The van der Waals surface area contributed by atoms with Crippen LogP contribution in [0.5, 0.6) is 0 Å². The summed E-state index contributed by atoms with van der Waals surface area (Å²) in [5, 5.41) is 17.1. The molecule has 8 nitrogen and oxygen atoms in total. The number of aromatic nitrogens is 2. The van der Waals surface area contributed by atoms with Crippen LogP contribution in [0.2, 0.25) is 0 Å². The Labute approximate surface area is 135 Å². The molecule has 0 unspecified atom stereocenters. The Morgan fingerprint density at radius 1 is 1.50 bits per heavy atom. The minimum atomic E-state index is -4.89. The summed E-state index contributed by atoms with van der Waals surface area (Å²) in [4.78, 5) is 22.3. The number of anilines is 1. The molecule has 0 aromatic carbocycles. The van der Waals surface area contributed by atoms with Crippen LogP contribution in [0.15, 0.2) is 11.0 Å².